The molecule has 0 spiro atoms. The third-order valence-electron chi connectivity index (χ3n) is 7.35. The van der Waals surface area contributed by atoms with Crippen molar-refractivity contribution in [1.82, 2.24) is 14.5 Å². The molecule has 2 amide bonds. The number of likely N-dealkylation sites (tertiary alicyclic amines) is 1. The van der Waals surface area contributed by atoms with Gasteiger partial charge in [-0.3, -0.25) is 5.32 Å². The van der Waals surface area contributed by atoms with Crippen LogP contribution in [0.3, 0.4) is 0 Å². The molecular formula is C28H27F2N5O3. The van der Waals surface area contributed by atoms with Crippen molar-refractivity contribution >= 4 is 34.7 Å². The van der Waals surface area contributed by atoms with Crippen molar-refractivity contribution in [2.75, 3.05) is 25.5 Å². The largest absolute Gasteiger partial charge is 0.390 e. The molecule has 3 heterocycles. The number of nitrogens with two attached hydrogens (primary N) is 1. The second-order valence-corrected chi connectivity index (χ2v) is 10.0. The van der Waals surface area contributed by atoms with Crippen LogP contribution in [0.2, 0.25) is 0 Å². The van der Waals surface area contributed by atoms with Gasteiger partial charge in [0.25, 0.3) is 0 Å². The Kier molecular flexibility index (Phi) is 6.10. The van der Waals surface area contributed by atoms with E-state index in [-0.39, 0.29) is 36.2 Å². The van der Waals surface area contributed by atoms with E-state index >= 15 is 0 Å². The molecule has 1 fully saturated rings. The molecule has 4 atom stereocenters. The predicted octanol–water partition coefficient (Wildman–Crippen LogP) is 3.99. The van der Waals surface area contributed by atoms with Crippen molar-refractivity contribution in [1.29, 1.82) is 0 Å². The number of fused-ring (bicyclic) bond motifs is 3. The Morgan fingerprint density at radius 2 is 2.08 bits per heavy atom. The Morgan fingerprint density at radius 3 is 2.84 bits per heavy atom. The first-order valence-electron chi connectivity index (χ1n) is 12.4. The molecule has 2 unspecified atom stereocenters. The molecule has 0 bridgehead atoms. The first-order valence-corrected chi connectivity index (χ1v) is 12.4. The van der Waals surface area contributed by atoms with Gasteiger partial charge in [-0.2, -0.15) is 0 Å². The van der Waals surface area contributed by atoms with Crippen molar-refractivity contribution in [2.24, 2.45) is 11.7 Å². The first-order chi connectivity index (χ1) is 18.3. The van der Waals surface area contributed by atoms with Crippen LogP contribution in [0, 0.1) is 11.7 Å². The summed E-state index contributed by atoms with van der Waals surface area (Å²) in [6.45, 7) is 1.24. The first kappa shape index (κ1) is 24.5. The molecule has 38 heavy (non-hydrogen) atoms. The van der Waals surface area contributed by atoms with Crippen LogP contribution in [0.15, 0.2) is 60.5 Å². The van der Waals surface area contributed by atoms with Crippen molar-refractivity contribution in [3.8, 4) is 0 Å². The number of aliphatic hydroxyl groups is 1. The van der Waals surface area contributed by atoms with Gasteiger partial charge in [0.2, 0.25) is 5.95 Å². The summed E-state index contributed by atoms with van der Waals surface area (Å²) < 4.78 is 35.9. The summed E-state index contributed by atoms with van der Waals surface area (Å²) in [6.07, 6.45) is 5.43. The van der Waals surface area contributed by atoms with Crippen LogP contribution in [0.5, 0.6) is 0 Å². The van der Waals surface area contributed by atoms with Gasteiger partial charge in [-0.25, -0.2) is 18.6 Å². The van der Waals surface area contributed by atoms with E-state index < -0.39 is 18.2 Å². The number of anilines is 1. The number of amides is 2. The summed E-state index contributed by atoms with van der Waals surface area (Å²) in [5.41, 5.74) is 9.95. The quantitative estimate of drug-likeness (QED) is 0.485. The molecule has 3 aromatic rings. The van der Waals surface area contributed by atoms with Gasteiger partial charge < -0.3 is 25.0 Å². The standard InChI is InChI=1S/C28H27F2N5O3/c1-34-12-24(25(36)13-34)35-23-7-2-15(9-22(23)32-28(35)33-27(31)37)8-21-19-5-3-17(29)10-16(19)14-38-26-11-18(30)4-6-20(21)26/h2-11,20,24-26,36H,12-14H2,1H3,(H3,31,32,33,37)/b21-8+/t20?,24-,25-,26?/m0/s1. The number of primary amides is 1. The zero-order valence-corrected chi connectivity index (χ0v) is 20.6. The number of nitrogens with one attached hydrogen (secondary N) is 1. The molecule has 2 aliphatic heterocycles. The molecule has 2 aromatic carbocycles. The third-order valence-corrected chi connectivity index (χ3v) is 7.35. The number of hydrogen-bond acceptors (Lipinski definition) is 5. The van der Waals surface area contributed by atoms with E-state index in [1.807, 2.05) is 40.8 Å². The van der Waals surface area contributed by atoms with Gasteiger partial charge in [-0.15, -0.1) is 0 Å². The molecule has 0 radical (unpaired) electrons. The number of aliphatic hydroxyl groups excluding tert-OH is 1. The summed E-state index contributed by atoms with van der Waals surface area (Å²) in [6, 6.07) is 9.20. The smallest absolute Gasteiger partial charge is 0.318 e. The molecule has 196 valence electrons. The summed E-state index contributed by atoms with van der Waals surface area (Å²) in [7, 11) is 1.92. The zero-order valence-electron chi connectivity index (χ0n) is 20.6. The van der Waals surface area contributed by atoms with Crippen LogP contribution in [0.4, 0.5) is 19.5 Å². The minimum absolute atomic E-state index is 0.160. The number of nitrogens with zero attached hydrogens (tertiary/aromatic N) is 3. The summed E-state index contributed by atoms with van der Waals surface area (Å²) >= 11 is 0. The lowest BCUT2D eigenvalue weighted by Gasteiger charge is -2.24. The number of hydrogen-bond donors (Lipinski definition) is 3. The lowest BCUT2D eigenvalue weighted by atomic mass is 9.83. The number of β-amino-alcohol motifs (C(OH)–C–C–N with tert-alkyl or cyclic N) is 1. The van der Waals surface area contributed by atoms with E-state index in [9.17, 15) is 18.7 Å². The maximum atomic E-state index is 14.1. The second kappa shape index (κ2) is 9.46. The third kappa shape index (κ3) is 4.40. The molecule has 6 rings (SSSR count). The van der Waals surface area contributed by atoms with Crippen LogP contribution in [0.1, 0.15) is 22.7 Å². The van der Waals surface area contributed by atoms with Crippen LogP contribution < -0.4 is 11.1 Å². The van der Waals surface area contributed by atoms with Gasteiger partial charge in [-0.1, -0.05) is 24.3 Å². The highest BCUT2D eigenvalue weighted by molar-refractivity contribution is 5.92. The predicted molar refractivity (Wildman–Crippen MR) is 140 cm³/mol. The minimum Gasteiger partial charge on any atom is -0.390 e. The number of carbonyl (C=O) groups excluding carboxylic acids is 1. The van der Waals surface area contributed by atoms with Gasteiger partial charge >= 0.3 is 6.03 Å². The van der Waals surface area contributed by atoms with Crippen molar-refractivity contribution in [2.45, 2.75) is 24.9 Å². The van der Waals surface area contributed by atoms with E-state index in [1.165, 1.54) is 24.3 Å². The Morgan fingerprint density at radius 1 is 1.24 bits per heavy atom. The number of ether oxygens (including phenoxy) is 1. The van der Waals surface area contributed by atoms with Crippen LogP contribution in [-0.4, -0.2) is 57.9 Å². The van der Waals surface area contributed by atoms with Crippen molar-refractivity contribution in [3.05, 3.63) is 83.0 Å². The lowest BCUT2D eigenvalue weighted by Crippen LogP contribution is -2.27. The summed E-state index contributed by atoms with van der Waals surface area (Å²) in [5, 5.41) is 13.3. The van der Waals surface area contributed by atoms with E-state index in [1.54, 1.807) is 12.1 Å². The SMILES string of the molecule is CN1C[C@H](O)[C@@H](n2c(NC(N)=O)nc3cc(/C=C4\c5ccc(F)cc5COC5C=C(F)C=CC45)ccc32)C1. The Labute approximate surface area is 217 Å². The fourth-order valence-corrected chi connectivity index (χ4v) is 5.69. The van der Waals surface area contributed by atoms with Gasteiger partial charge in [0.05, 0.1) is 35.9 Å². The number of urea groups is 1. The van der Waals surface area contributed by atoms with E-state index in [0.29, 0.717) is 24.2 Å². The molecule has 10 heteroatoms. The van der Waals surface area contributed by atoms with E-state index in [4.69, 9.17) is 10.5 Å². The highest BCUT2D eigenvalue weighted by Crippen LogP contribution is 2.40. The Hall–Kier alpha value is -3.86. The number of halogens is 2. The number of carbonyl (C=O) groups is 1. The highest BCUT2D eigenvalue weighted by Gasteiger charge is 2.34. The van der Waals surface area contributed by atoms with Gasteiger partial charge in [0, 0.05) is 19.0 Å². The number of benzene rings is 2. The second-order valence-electron chi connectivity index (χ2n) is 10.0. The van der Waals surface area contributed by atoms with Crippen LogP contribution in [-0.2, 0) is 11.3 Å². The molecule has 1 aliphatic carbocycles. The number of aromatic nitrogens is 2. The van der Waals surface area contributed by atoms with Gasteiger partial charge in [0.1, 0.15) is 11.6 Å². The van der Waals surface area contributed by atoms with Crippen molar-refractivity contribution < 1.29 is 23.4 Å². The van der Waals surface area contributed by atoms with Crippen LogP contribution in [0.25, 0.3) is 22.7 Å². The molecule has 8 nitrogen and oxygen atoms in total. The fourth-order valence-electron chi connectivity index (χ4n) is 5.69. The average molecular weight is 520 g/mol. The summed E-state index contributed by atoms with van der Waals surface area (Å²) in [5.74, 6) is -0.749. The molecular weight excluding hydrogens is 492 g/mol. The Bertz CT molecular complexity index is 1530. The van der Waals surface area contributed by atoms with E-state index in [0.717, 1.165) is 22.2 Å². The van der Waals surface area contributed by atoms with Crippen molar-refractivity contribution in [3.63, 3.8) is 0 Å². The molecule has 3 aliphatic rings. The zero-order chi connectivity index (χ0) is 26.6. The molecule has 0 saturated carbocycles. The minimum atomic E-state index is -0.748. The van der Waals surface area contributed by atoms with Gasteiger partial charge in [-0.05, 0) is 65.7 Å². The normalized spacial score (nSPS) is 26.2. The number of allylic oxidation sites excluding steroid dienone is 2. The topological polar surface area (TPSA) is 106 Å². The maximum absolute atomic E-state index is 14.1. The monoisotopic (exact) mass is 519 g/mol. The van der Waals surface area contributed by atoms with Crippen LogP contribution >= 0.6 is 0 Å². The number of imidazole rings is 1. The average Bonchev–Trinajstić information content (AvgIpc) is 3.33. The number of rotatable bonds is 3. The van der Waals surface area contributed by atoms with E-state index in [2.05, 4.69) is 10.3 Å². The molecule has 4 N–H and O–H groups in total. The molecule has 1 aromatic heterocycles. The van der Waals surface area contributed by atoms with Gasteiger partial charge in [0.15, 0.2) is 0 Å². The molecule has 1 saturated heterocycles. The summed E-state index contributed by atoms with van der Waals surface area (Å²) in [4.78, 5) is 18.3. The lowest BCUT2D eigenvalue weighted by molar-refractivity contribution is 0.0599. The number of likely N-dealkylation sites (N-methyl/N-ethyl adjacent to an activating group) is 1. The highest BCUT2D eigenvalue weighted by atomic mass is 19.1. The Balaban J connectivity index is 1.47. The maximum Gasteiger partial charge on any atom is 0.318 e. The fraction of sp³-hybridized carbons (Fsp3) is 0.286.